The lowest BCUT2D eigenvalue weighted by Gasteiger charge is -2.28. The van der Waals surface area contributed by atoms with Crippen molar-refractivity contribution in [2.24, 2.45) is 0 Å². The number of carbonyl (C=O) groups is 1. The molecule has 3 heteroatoms. The third-order valence-corrected chi connectivity index (χ3v) is 4.44. The van der Waals surface area contributed by atoms with Gasteiger partial charge in [-0.25, -0.2) is 4.79 Å². The van der Waals surface area contributed by atoms with Gasteiger partial charge >= 0.3 is 5.97 Å². The van der Waals surface area contributed by atoms with Crippen LogP contribution in [0.3, 0.4) is 0 Å². The molecule has 0 fully saturated rings. The average molecular weight is 304 g/mol. The molecule has 1 aliphatic heterocycles. The van der Waals surface area contributed by atoms with E-state index >= 15 is 0 Å². The maximum atomic E-state index is 11.5. The molecule has 0 aromatic heterocycles. The van der Waals surface area contributed by atoms with Crippen LogP contribution >= 0.6 is 0 Å². The molecule has 0 amide bonds. The molecular formula is C20H16O3. The van der Waals surface area contributed by atoms with Gasteiger partial charge in [-0.2, -0.15) is 0 Å². The van der Waals surface area contributed by atoms with Crippen LogP contribution < -0.4 is 4.74 Å². The molecule has 1 atom stereocenters. The van der Waals surface area contributed by atoms with E-state index in [9.17, 15) is 9.90 Å². The third-order valence-electron chi connectivity index (χ3n) is 4.44. The Morgan fingerprint density at radius 1 is 1.00 bits per heavy atom. The van der Waals surface area contributed by atoms with E-state index in [4.69, 9.17) is 4.74 Å². The van der Waals surface area contributed by atoms with Crippen molar-refractivity contribution in [3.63, 3.8) is 0 Å². The van der Waals surface area contributed by atoms with Crippen molar-refractivity contribution in [3.8, 4) is 5.75 Å². The van der Waals surface area contributed by atoms with Gasteiger partial charge in [-0.15, -0.1) is 0 Å². The summed E-state index contributed by atoms with van der Waals surface area (Å²) in [5, 5.41) is 11.6. The monoisotopic (exact) mass is 304 g/mol. The largest absolute Gasteiger partial charge is 0.485 e. The van der Waals surface area contributed by atoms with Crippen LogP contribution in [0.4, 0.5) is 0 Å². The predicted octanol–water partition coefficient (Wildman–Crippen LogP) is 4.60. The Labute approximate surface area is 134 Å². The number of ether oxygens (including phenoxy) is 1. The number of hydrogen-bond acceptors (Lipinski definition) is 2. The van der Waals surface area contributed by atoms with Crippen molar-refractivity contribution in [1.82, 2.24) is 0 Å². The standard InChI is InChI=1S/C20H16O3/c21-20(22)17-8-4-3-7-16(17)18-12-11-14-10-9-13-5-1-2-6-15(13)19(14)23-18/h1-10,18H,11-12H2,(H,21,22)/t18-/m0/s1. The minimum atomic E-state index is -0.909. The summed E-state index contributed by atoms with van der Waals surface area (Å²) in [5.41, 5.74) is 2.26. The lowest BCUT2D eigenvalue weighted by Crippen LogP contribution is -2.18. The first-order valence-corrected chi connectivity index (χ1v) is 7.73. The second kappa shape index (κ2) is 5.43. The fourth-order valence-electron chi connectivity index (χ4n) is 3.30. The van der Waals surface area contributed by atoms with Gasteiger partial charge in [-0.3, -0.25) is 0 Å². The topological polar surface area (TPSA) is 46.5 Å². The number of hydrogen-bond donors (Lipinski definition) is 1. The molecule has 3 aromatic rings. The number of fused-ring (bicyclic) bond motifs is 3. The Morgan fingerprint density at radius 3 is 2.65 bits per heavy atom. The highest BCUT2D eigenvalue weighted by Crippen LogP contribution is 2.40. The zero-order chi connectivity index (χ0) is 15.8. The molecule has 1 aliphatic rings. The number of aromatic carboxylic acids is 1. The molecule has 3 aromatic carbocycles. The quantitative estimate of drug-likeness (QED) is 0.752. The Bertz CT molecular complexity index is 898. The van der Waals surface area contributed by atoms with Crippen LogP contribution in [0.5, 0.6) is 5.75 Å². The molecule has 0 radical (unpaired) electrons. The number of carboxylic acid groups (broad SMARTS) is 1. The lowest BCUT2D eigenvalue weighted by molar-refractivity contribution is 0.0689. The second-order valence-corrected chi connectivity index (χ2v) is 5.81. The van der Waals surface area contributed by atoms with Crippen LogP contribution in [-0.4, -0.2) is 11.1 Å². The molecule has 0 aliphatic carbocycles. The van der Waals surface area contributed by atoms with E-state index in [0.717, 1.165) is 34.9 Å². The highest BCUT2D eigenvalue weighted by molar-refractivity contribution is 5.91. The third kappa shape index (κ3) is 2.34. The van der Waals surface area contributed by atoms with Gasteiger partial charge in [0, 0.05) is 10.9 Å². The number of aryl methyl sites for hydroxylation is 1. The van der Waals surface area contributed by atoms with E-state index in [2.05, 4.69) is 24.3 Å². The van der Waals surface area contributed by atoms with Crippen molar-refractivity contribution in [2.75, 3.05) is 0 Å². The van der Waals surface area contributed by atoms with Gasteiger partial charge in [0.1, 0.15) is 11.9 Å². The van der Waals surface area contributed by atoms with Gasteiger partial charge in [0.15, 0.2) is 0 Å². The summed E-state index contributed by atoms with van der Waals surface area (Å²) in [4.78, 5) is 11.5. The van der Waals surface area contributed by atoms with E-state index in [1.807, 2.05) is 24.3 Å². The molecule has 0 saturated carbocycles. The highest BCUT2D eigenvalue weighted by atomic mass is 16.5. The molecular weight excluding hydrogens is 288 g/mol. The number of benzene rings is 3. The second-order valence-electron chi connectivity index (χ2n) is 5.81. The molecule has 0 unspecified atom stereocenters. The molecule has 23 heavy (non-hydrogen) atoms. The molecule has 3 nitrogen and oxygen atoms in total. The maximum Gasteiger partial charge on any atom is 0.336 e. The summed E-state index contributed by atoms with van der Waals surface area (Å²) in [6, 6.07) is 19.5. The lowest BCUT2D eigenvalue weighted by atomic mass is 9.92. The Balaban J connectivity index is 1.80. The minimum Gasteiger partial charge on any atom is -0.485 e. The Hall–Kier alpha value is -2.81. The van der Waals surface area contributed by atoms with Crippen LogP contribution in [0, 0.1) is 0 Å². The first-order valence-electron chi connectivity index (χ1n) is 7.73. The molecule has 4 rings (SSSR count). The van der Waals surface area contributed by atoms with Crippen LogP contribution in [0.15, 0.2) is 60.7 Å². The SMILES string of the molecule is O=C(O)c1ccccc1[C@@H]1CCc2ccc3ccccc3c2O1. The summed E-state index contributed by atoms with van der Waals surface area (Å²) >= 11 is 0. The molecule has 0 spiro atoms. The molecule has 0 bridgehead atoms. The smallest absolute Gasteiger partial charge is 0.336 e. The van der Waals surface area contributed by atoms with Gasteiger partial charge in [-0.1, -0.05) is 54.6 Å². The van der Waals surface area contributed by atoms with Crippen molar-refractivity contribution in [3.05, 3.63) is 77.4 Å². The first-order chi connectivity index (χ1) is 11.2. The zero-order valence-corrected chi connectivity index (χ0v) is 12.5. The van der Waals surface area contributed by atoms with E-state index in [0.29, 0.717) is 5.56 Å². The summed E-state index contributed by atoms with van der Waals surface area (Å²) in [6.45, 7) is 0. The summed E-state index contributed by atoms with van der Waals surface area (Å²) in [6.07, 6.45) is 1.45. The van der Waals surface area contributed by atoms with Crippen LogP contribution in [0.25, 0.3) is 10.8 Å². The first kappa shape index (κ1) is 13.8. The molecule has 1 N–H and O–H groups in total. The summed E-state index contributed by atoms with van der Waals surface area (Å²) < 4.78 is 6.26. The fourth-order valence-corrected chi connectivity index (χ4v) is 3.30. The van der Waals surface area contributed by atoms with E-state index in [-0.39, 0.29) is 6.10 Å². The number of carboxylic acids is 1. The van der Waals surface area contributed by atoms with E-state index < -0.39 is 5.97 Å². The maximum absolute atomic E-state index is 11.5. The summed E-state index contributed by atoms with van der Waals surface area (Å²) in [5.74, 6) is -0.0209. The zero-order valence-electron chi connectivity index (χ0n) is 12.5. The highest BCUT2D eigenvalue weighted by Gasteiger charge is 2.26. The van der Waals surface area contributed by atoms with Gasteiger partial charge in [0.2, 0.25) is 0 Å². The van der Waals surface area contributed by atoms with Gasteiger partial charge < -0.3 is 9.84 Å². The minimum absolute atomic E-state index is 0.222. The van der Waals surface area contributed by atoms with Crippen molar-refractivity contribution < 1.29 is 14.6 Å². The fraction of sp³-hybridized carbons (Fsp3) is 0.150. The average Bonchev–Trinajstić information content (AvgIpc) is 2.61. The number of rotatable bonds is 2. The Kier molecular flexibility index (Phi) is 3.27. The van der Waals surface area contributed by atoms with Crippen molar-refractivity contribution >= 4 is 16.7 Å². The normalized spacial score (nSPS) is 16.6. The van der Waals surface area contributed by atoms with Crippen LogP contribution in [-0.2, 0) is 6.42 Å². The molecule has 0 saturated heterocycles. The van der Waals surface area contributed by atoms with Crippen LogP contribution in [0.2, 0.25) is 0 Å². The van der Waals surface area contributed by atoms with Gasteiger partial charge in [-0.05, 0) is 29.9 Å². The molecule has 1 heterocycles. The Morgan fingerprint density at radius 2 is 1.78 bits per heavy atom. The predicted molar refractivity (Wildman–Crippen MR) is 89.0 cm³/mol. The van der Waals surface area contributed by atoms with Gasteiger partial charge in [0.25, 0.3) is 0 Å². The van der Waals surface area contributed by atoms with Crippen molar-refractivity contribution in [1.29, 1.82) is 0 Å². The van der Waals surface area contributed by atoms with E-state index in [1.165, 1.54) is 5.56 Å². The van der Waals surface area contributed by atoms with Crippen molar-refractivity contribution in [2.45, 2.75) is 18.9 Å². The summed E-state index contributed by atoms with van der Waals surface area (Å²) in [7, 11) is 0. The van der Waals surface area contributed by atoms with Crippen LogP contribution in [0.1, 0.15) is 34.0 Å². The van der Waals surface area contributed by atoms with E-state index in [1.54, 1.807) is 12.1 Å². The van der Waals surface area contributed by atoms with Gasteiger partial charge in [0.05, 0.1) is 5.56 Å². The molecule has 114 valence electrons.